The number of hydrogen-bond donors (Lipinski definition) is 1. The Morgan fingerprint density at radius 1 is 1.09 bits per heavy atom. The maximum Gasteiger partial charge on any atom is 0.418 e. The lowest BCUT2D eigenvalue weighted by atomic mass is 10.1. The molecule has 0 fully saturated rings. The third-order valence-electron chi connectivity index (χ3n) is 3.21. The Hall–Kier alpha value is -2.12. The van der Waals surface area contributed by atoms with Crippen molar-refractivity contribution in [2.75, 3.05) is 0 Å². The average molecular weight is 356 g/mol. The highest BCUT2D eigenvalue weighted by Crippen LogP contribution is 2.35. The van der Waals surface area contributed by atoms with E-state index in [1.54, 1.807) is 24.3 Å². The van der Waals surface area contributed by atoms with Crippen molar-refractivity contribution >= 4 is 23.8 Å². The van der Waals surface area contributed by atoms with Crippen LogP contribution in [0.3, 0.4) is 0 Å². The highest BCUT2D eigenvalue weighted by Gasteiger charge is 2.34. The minimum Gasteiger partial charge on any atom is -0.268 e. The molecule has 0 aliphatic carbocycles. The predicted octanol–water partition coefficient (Wildman–Crippen LogP) is 5.27. The van der Waals surface area contributed by atoms with Crippen molar-refractivity contribution < 1.29 is 13.2 Å². The van der Waals surface area contributed by atoms with E-state index >= 15 is 0 Å². The lowest BCUT2D eigenvalue weighted by molar-refractivity contribution is -0.137. The summed E-state index contributed by atoms with van der Waals surface area (Å²) in [7, 11) is 0. The summed E-state index contributed by atoms with van der Waals surface area (Å²) in [6.07, 6.45) is -4.51. The zero-order chi connectivity index (χ0) is 16.6. The van der Waals surface area contributed by atoms with E-state index < -0.39 is 11.7 Å². The van der Waals surface area contributed by atoms with Crippen molar-refractivity contribution in [3.63, 3.8) is 0 Å². The van der Waals surface area contributed by atoms with Crippen molar-refractivity contribution in [1.82, 2.24) is 14.8 Å². The number of hydrogen-bond acceptors (Lipinski definition) is 2. The van der Waals surface area contributed by atoms with Crippen LogP contribution in [0.4, 0.5) is 13.2 Å². The number of halogens is 4. The fraction of sp³-hybridized carbons (Fsp3) is 0.0667. The van der Waals surface area contributed by atoms with Gasteiger partial charge in [0.15, 0.2) is 10.6 Å². The smallest absolute Gasteiger partial charge is 0.268 e. The molecule has 0 aliphatic heterocycles. The third-order valence-corrected chi connectivity index (χ3v) is 3.71. The number of benzene rings is 2. The van der Waals surface area contributed by atoms with Crippen molar-refractivity contribution in [3.8, 4) is 17.1 Å². The Morgan fingerprint density at radius 2 is 1.83 bits per heavy atom. The van der Waals surface area contributed by atoms with Gasteiger partial charge in [-0.15, -0.1) is 0 Å². The van der Waals surface area contributed by atoms with E-state index in [2.05, 4.69) is 10.2 Å². The van der Waals surface area contributed by atoms with Crippen LogP contribution in [0.2, 0.25) is 5.02 Å². The van der Waals surface area contributed by atoms with Crippen molar-refractivity contribution in [2.45, 2.75) is 6.18 Å². The second kappa shape index (κ2) is 5.82. The molecule has 1 aromatic heterocycles. The first-order valence-corrected chi connectivity index (χ1v) is 7.26. The van der Waals surface area contributed by atoms with Crippen LogP contribution >= 0.6 is 23.8 Å². The van der Waals surface area contributed by atoms with Gasteiger partial charge in [-0.2, -0.15) is 18.3 Å². The Bertz CT molecular complexity index is 915. The summed E-state index contributed by atoms with van der Waals surface area (Å²) in [5, 5.41) is 7.04. The Kier molecular flexibility index (Phi) is 3.99. The highest BCUT2D eigenvalue weighted by atomic mass is 35.5. The molecule has 1 N–H and O–H groups in total. The summed E-state index contributed by atoms with van der Waals surface area (Å²) >= 11 is 11.1. The van der Waals surface area contributed by atoms with Gasteiger partial charge in [-0.05, 0) is 36.5 Å². The van der Waals surface area contributed by atoms with E-state index in [-0.39, 0.29) is 16.3 Å². The molecule has 0 aliphatic rings. The van der Waals surface area contributed by atoms with Gasteiger partial charge >= 0.3 is 6.18 Å². The fourth-order valence-electron chi connectivity index (χ4n) is 2.25. The lowest BCUT2D eigenvalue weighted by Crippen LogP contribution is -2.11. The van der Waals surface area contributed by atoms with E-state index in [0.29, 0.717) is 10.6 Å². The lowest BCUT2D eigenvalue weighted by Gasteiger charge is -2.14. The fourth-order valence-corrected chi connectivity index (χ4v) is 2.67. The van der Waals surface area contributed by atoms with Crippen LogP contribution in [0, 0.1) is 4.77 Å². The Balaban J connectivity index is 2.28. The number of nitrogens with one attached hydrogen (secondary N) is 1. The van der Waals surface area contributed by atoms with Crippen LogP contribution in [0.15, 0.2) is 48.5 Å². The summed E-state index contributed by atoms with van der Waals surface area (Å²) in [6, 6.07) is 11.9. The molecule has 118 valence electrons. The van der Waals surface area contributed by atoms with Crippen LogP contribution in [-0.4, -0.2) is 14.8 Å². The number of para-hydroxylation sites is 1. The molecule has 0 radical (unpaired) electrons. The Morgan fingerprint density at radius 3 is 2.52 bits per heavy atom. The van der Waals surface area contributed by atoms with Gasteiger partial charge in [0, 0.05) is 10.6 Å². The number of aromatic amines is 1. The molecular formula is C15H9ClF3N3S. The summed E-state index contributed by atoms with van der Waals surface area (Å²) < 4.78 is 41.1. The molecule has 1 heterocycles. The van der Waals surface area contributed by atoms with E-state index in [1.807, 2.05) is 0 Å². The predicted molar refractivity (Wildman–Crippen MR) is 84.2 cm³/mol. The van der Waals surface area contributed by atoms with Gasteiger partial charge in [0.2, 0.25) is 0 Å². The van der Waals surface area contributed by atoms with Crippen LogP contribution in [-0.2, 0) is 6.18 Å². The maximum atomic E-state index is 13.3. The molecule has 0 unspecified atom stereocenters. The normalized spacial score (nSPS) is 11.7. The molecule has 0 atom stereocenters. The van der Waals surface area contributed by atoms with Gasteiger partial charge < -0.3 is 0 Å². The van der Waals surface area contributed by atoms with Gasteiger partial charge in [-0.3, -0.25) is 9.67 Å². The van der Waals surface area contributed by atoms with Gasteiger partial charge in [-0.1, -0.05) is 35.9 Å². The van der Waals surface area contributed by atoms with Crippen LogP contribution in [0.5, 0.6) is 0 Å². The van der Waals surface area contributed by atoms with Gasteiger partial charge in [0.05, 0.1) is 11.3 Å². The molecule has 3 nitrogen and oxygen atoms in total. The summed E-state index contributed by atoms with van der Waals surface area (Å²) in [5.74, 6) is 0.259. The molecule has 3 aromatic rings. The topological polar surface area (TPSA) is 33.6 Å². The van der Waals surface area contributed by atoms with E-state index in [0.717, 1.165) is 6.07 Å². The minimum absolute atomic E-state index is 0.0664. The maximum absolute atomic E-state index is 13.3. The monoisotopic (exact) mass is 355 g/mol. The third kappa shape index (κ3) is 3.02. The standard InChI is InChI=1S/C15H9ClF3N3S/c16-10-5-3-4-9(8-10)13-20-21-14(23)22(13)12-7-2-1-6-11(12)15(17,18)19/h1-8H,(H,21,23). The highest BCUT2D eigenvalue weighted by molar-refractivity contribution is 7.71. The zero-order valence-electron chi connectivity index (χ0n) is 11.4. The molecule has 3 rings (SSSR count). The number of H-pyrrole nitrogens is 1. The quantitative estimate of drug-likeness (QED) is 0.635. The molecule has 0 spiro atoms. The van der Waals surface area contributed by atoms with Crippen LogP contribution < -0.4 is 0 Å². The van der Waals surface area contributed by atoms with Crippen LogP contribution in [0.25, 0.3) is 17.1 Å². The van der Waals surface area contributed by atoms with Crippen LogP contribution in [0.1, 0.15) is 5.56 Å². The first kappa shape index (κ1) is 15.8. The van der Waals surface area contributed by atoms with Gasteiger partial charge in [0.25, 0.3) is 0 Å². The molecule has 0 amide bonds. The minimum atomic E-state index is -4.51. The molecular weight excluding hydrogens is 347 g/mol. The van der Waals surface area contributed by atoms with Gasteiger partial charge in [-0.25, -0.2) is 0 Å². The first-order chi connectivity index (χ1) is 10.9. The summed E-state index contributed by atoms with van der Waals surface area (Å²) in [6.45, 7) is 0. The first-order valence-electron chi connectivity index (χ1n) is 6.48. The number of aromatic nitrogens is 3. The summed E-state index contributed by atoms with van der Waals surface area (Å²) in [5.41, 5.74) is -0.323. The zero-order valence-corrected chi connectivity index (χ0v) is 13.0. The number of rotatable bonds is 2. The molecule has 0 bridgehead atoms. The second-order valence-corrected chi connectivity index (χ2v) is 5.54. The van der Waals surface area contributed by atoms with E-state index in [4.69, 9.17) is 23.8 Å². The number of nitrogens with zero attached hydrogens (tertiary/aromatic N) is 2. The largest absolute Gasteiger partial charge is 0.418 e. The number of alkyl halides is 3. The molecule has 0 saturated heterocycles. The molecule has 0 saturated carbocycles. The Labute approximate surface area is 139 Å². The average Bonchev–Trinajstić information content (AvgIpc) is 2.88. The molecule has 8 heteroatoms. The van der Waals surface area contributed by atoms with Gasteiger partial charge in [0.1, 0.15) is 0 Å². The van der Waals surface area contributed by atoms with Crippen molar-refractivity contribution in [3.05, 3.63) is 63.9 Å². The van der Waals surface area contributed by atoms with Crippen molar-refractivity contribution in [2.24, 2.45) is 0 Å². The molecule has 23 heavy (non-hydrogen) atoms. The SMILES string of the molecule is FC(F)(F)c1ccccc1-n1c(-c2cccc(Cl)c2)n[nH]c1=S. The van der Waals surface area contributed by atoms with E-state index in [9.17, 15) is 13.2 Å². The summed E-state index contributed by atoms with van der Waals surface area (Å²) in [4.78, 5) is 0. The van der Waals surface area contributed by atoms with Crippen molar-refractivity contribution in [1.29, 1.82) is 0 Å². The van der Waals surface area contributed by atoms with E-state index in [1.165, 1.54) is 22.8 Å². The molecule has 2 aromatic carbocycles. The second-order valence-electron chi connectivity index (χ2n) is 4.71.